The molecule has 1 aliphatic rings. The zero-order chi connectivity index (χ0) is 19.5. The highest BCUT2D eigenvalue weighted by molar-refractivity contribution is 6.69. The van der Waals surface area contributed by atoms with Crippen molar-refractivity contribution in [3.63, 3.8) is 0 Å². The Bertz CT molecular complexity index is 828. The number of hydrogen-bond donors (Lipinski definition) is 1. The second-order valence-electron chi connectivity index (χ2n) is 8.39. The van der Waals surface area contributed by atoms with E-state index < -0.39 is 13.9 Å². The van der Waals surface area contributed by atoms with Crippen LogP contribution in [0.5, 0.6) is 0 Å². The Morgan fingerprint density at radius 2 is 1.93 bits per heavy atom. The molecule has 2 radical (unpaired) electrons. The molecule has 0 saturated heterocycles. The average molecular weight is 374 g/mol. The van der Waals surface area contributed by atoms with Gasteiger partial charge in [-0.1, -0.05) is 59.6 Å². The quantitative estimate of drug-likeness (QED) is 0.788. The third-order valence-corrected chi connectivity index (χ3v) is 6.19. The minimum Gasteiger partial charge on any atom is -0.416 e. The van der Waals surface area contributed by atoms with Gasteiger partial charge in [0.2, 0.25) is 0 Å². The first-order chi connectivity index (χ1) is 12.8. The zero-order valence-electron chi connectivity index (χ0n) is 16.5. The van der Waals surface area contributed by atoms with Crippen molar-refractivity contribution in [2.45, 2.75) is 50.5 Å². The monoisotopic (exact) mass is 374 g/mol. The van der Waals surface area contributed by atoms with Crippen LogP contribution in [-0.2, 0) is 17.3 Å². The Hall–Kier alpha value is -1.87. The van der Waals surface area contributed by atoms with Crippen molar-refractivity contribution in [2.75, 3.05) is 6.61 Å². The number of rotatable bonds is 6. The summed E-state index contributed by atoms with van der Waals surface area (Å²) in [5, 5.41) is 13.7. The average Bonchev–Trinajstić information content (AvgIpc) is 2.65. The first kappa shape index (κ1) is 19.9. The summed E-state index contributed by atoms with van der Waals surface area (Å²) in [4.78, 5) is 0. The molecule has 0 heterocycles. The first-order valence-corrected chi connectivity index (χ1v) is 13.0. The summed E-state index contributed by atoms with van der Waals surface area (Å²) >= 11 is 0. The van der Waals surface area contributed by atoms with Crippen molar-refractivity contribution in [1.29, 1.82) is 5.26 Å². The fourth-order valence-corrected chi connectivity index (χ4v) is 4.37. The number of hydrogen-bond acceptors (Lipinski definition) is 3. The van der Waals surface area contributed by atoms with Crippen molar-refractivity contribution >= 4 is 21.6 Å². The largest absolute Gasteiger partial charge is 0.416 e. The summed E-state index contributed by atoms with van der Waals surface area (Å²) in [7, 11) is 4.48. The van der Waals surface area contributed by atoms with Crippen LogP contribution in [0.15, 0.2) is 48.5 Å². The van der Waals surface area contributed by atoms with Gasteiger partial charge in [0.15, 0.2) is 8.32 Å². The van der Waals surface area contributed by atoms with Gasteiger partial charge in [-0.15, -0.1) is 0 Å². The lowest BCUT2D eigenvalue weighted by atomic mass is 9.74. The molecule has 0 aromatic heterocycles. The summed E-state index contributed by atoms with van der Waals surface area (Å²) in [6, 6.07) is 18.9. The molecule has 2 aromatic carbocycles. The van der Waals surface area contributed by atoms with Gasteiger partial charge in [0.1, 0.15) is 13.4 Å². The molecule has 27 heavy (non-hydrogen) atoms. The molecule has 5 heteroatoms. The highest BCUT2D eigenvalue weighted by atomic mass is 28.4. The van der Waals surface area contributed by atoms with E-state index in [0.717, 1.165) is 23.9 Å². The van der Waals surface area contributed by atoms with Crippen molar-refractivity contribution in [2.24, 2.45) is 0 Å². The van der Waals surface area contributed by atoms with E-state index in [1.54, 1.807) is 0 Å². The van der Waals surface area contributed by atoms with Crippen molar-refractivity contribution < 1.29 is 4.43 Å². The Morgan fingerprint density at radius 3 is 2.59 bits per heavy atom. The maximum absolute atomic E-state index is 10.1. The van der Waals surface area contributed by atoms with E-state index in [1.807, 2.05) is 30.3 Å². The standard InChI is InChI=1S/C22H27BN2OSi/c1-27(2,3)26-15-21(17-8-5-4-6-9-17)25-22(16-24)13-12-19-18(14-22)10-7-11-20(19)23/h4-11,21,25H,12-15H2,1-3H3/t21-,22?/m0/s1. The predicted octanol–water partition coefficient (Wildman–Crippen LogP) is 3.41. The summed E-state index contributed by atoms with van der Waals surface area (Å²) in [5.41, 5.74) is 3.75. The lowest BCUT2D eigenvalue weighted by Gasteiger charge is -2.38. The topological polar surface area (TPSA) is 45.0 Å². The number of nitrogens with zero attached hydrogens (tertiary/aromatic N) is 1. The van der Waals surface area contributed by atoms with Gasteiger partial charge >= 0.3 is 0 Å². The normalized spacial score (nSPS) is 20.5. The van der Waals surface area contributed by atoms with E-state index >= 15 is 0 Å². The van der Waals surface area contributed by atoms with Gasteiger partial charge in [0, 0.05) is 6.42 Å². The van der Waals surface area contributed by atoms with Crippen LogP contribution < -0.4 is 10.8 Å². The van der Waals surface area contributed by atoms with Gasteiger partial charge < -0.3 is 4.43 Å². The minimum absolute atomic E-state index is 0.0137. The van der Waals surface area contributed by atoms with Gasteiger partial charge in [-0.2, -0.15) is 5.26 Å². The molecule has 3 rings (SSSR count). The van der Waals surface area contributed by atoms with Crippen LogP contribution in [0, 0.1) is 11.3 Å². The van der Waals surface area contributed by atoms with Gasteiger partial charge in [0.25, 0.3) is 0 Å². The van der Waals surface area contributed by atoms with Gasteiger partial charge in [0.05, 0.1) is 18.7 Å². The van der Waals surface area contributed by atoms with E-state index in [1.165, 1.54) is 11.1 Å². The van der Waals surface area contributed by atoms with Crippen LogP contribution in [0.25, 0.3) is 0 Å². The molecule has 138 valence electrons. The fraction of sp³-hybridized carbons (Fsp3) is 0.409. The van der Waals surface area contributed by atoms with E-state index in [-0.39, 0.29) is 6.04 Å². The first-order valence-electron chi connectivity index (χ1n) is 9.56. The molecule has 0 aliphatic heterocycles. The molecule has 0 fully saturated rings. The SMILES string of the molecule is [B]c1cccc2c1CCC(C#N)(N[C@@H](CO[Si](C)(C)C)c1ccccc1)C2. The fourth-order valence-electron chi connectivity index (χ4n) is 3.70. The smallest absolute Gasteiger partial charge is 0.183 e. The third kappa shape index (κ3) is 4.90. The van der Waals surface area contributed by atoms with Crippen LogP contribution in [0.1, 0.15) is 29.2 Å². The maximum Gasteiger partial charge on any atom is 0.183 e. The number of fused-ring (bicyclic) bond motifs is 1. The molecule has 0 saturated carbocycles. The summed E-state index contributed by atoms with van der Waals surface area (Å²) in [5.74, 6) is 0. The van der Waals surface area contributed by atoms with E-state index in [2.05, 4.69) is 49.2 Å². The minimum atomic E-state index is -1.66. The van der Waals surface area contributed by atoms with Crippen LogP contribution in [0.3, 0.4) is 0 Å². The van der Waals surface area contributed by atoms with Crippen molar-refractivity contribution in [3.8, 4) is 6.07 Å². The number of benzene rings is 2. The Labute approximate surface area is 165 Å². The molecular formula is C22H27BN2OSi. The summed E-state index contributed by atoms with van der Waals surface area (Å²) < 4.78 is 6.21. The molecule has 2 aromatic rings. The highest BCUT2D eigenvalue weighted by Gasteiger charge is 2.37. The Morgan fingerprint density at radius 1 is 1.19 bits per heavy atom. The molecule has 1 unspecified atom stereocenters. The second-order valence-corrected chi connectivity index (χ2v) is 12.9. The Kier molecular flexibility index (Phi) is 5.90. The van der Waals surface area contributed by atoms with Gasteiger partial charge in [-0.25, -0.2) is 0 Å². The molecule has 3 nitrogen and oxygen atoms in total. The van der Waals surface area contributed by atoms with E-state index in [0.29, 0.717) is 13.0 Å². The van der Waals surface area contributed by atoms with Crippen molar-refractivity contribution in [3.05, 3.63) is 65.2 Å². The van der Waals surface area contributed by atoms with E-state index in [4.69, 9.17) is 12.3 Å². The number of nitriles is 1. The van der Waals surface area contributed by atoms with Crippen LogP contribution in [-0.4, -0.2) is 28.3 Å². The molecule has 0 amide bonds. The molecule has 0 spiro atoms. The lowest BCUT2D eigenvalue weighted by molar-refractivity contribution is 0.221. The lowest BCUT2D eigenvalue weighted by Crippen LogP contribution is -2.51. The van der Waals surface area contributed by atoms with Crippen LogP contribution >= 0.6 is 0 Å². The second kappa shape index (κ2) is 8.02. The van der Waals surface area contributed by atoms with Gasteiger partial charge in [-0.05, 0) is 43.6 Å². The van der Waals surface area contributed by atoms with Crippen molar-refractivity contribution in [1.82, 2.24) is 5.32 Å². The maximum atomic E-state index is 10.1. The molecule has 1 aliphatic carbocycles. The Balaban J connectivity index is 1.86. The highest BCUT2D eigenvalue weighted by Crippen LogP contribution is 2.30. The van der Waals surface area contributed by atoms with Crippen LogP contribution in [0.2, 0.25) is 19.6 Å². The summed E-state index contributed by atoms with van der Waals surface area (Å²) in [6.07, 6.45) is 2.24. The molecule has 0 bridgehead atoms. The van der Waals surface area contributed by atoms with Gasteiger partial charge in [-0.3, -0.25) is 5.32 Å². The molecule has 1 N–H and O–H groups in total. The molecular weight excluding hydrogens is 347 g/mol. The zero-order valence-corrected chi connectivity index (χ0v) is 17.5. The number of nitrogens with one attached hydrogen (secondary N) is 1. The van der Waals surface area contributed by atoms with Crippen LogP contribution in [0.4, 0.5) is 0 Å². The predicted molar refractivity (Wildman–Crippen MR) is 114 cm³/mol. The third-order valence-electron chi connectivity index (χ3n) is 5.15. The summed E-state index contributed by atoms with van der Waals surface area (Å²) in [6.45, 7) is 7.14. The van der Waals surface area contributed by atoms with E-state index in [9.17, 15) is 5.26 Å². The molecule has 2 atom stereocenters.